The van der Waals surface area contributed by atoms with E-state index >= 15 is 0 Å². The molecule has 6 heteroatoms. The molecule has 0 radical (unpaired) electrons. The number of rotatable bonds is 2. The van der Waals surface area contributed by atoms with E-state index < -0.39 is 0 Å². The zero-order chi connectivity index (χ0) is 16.3. The number of nitrogens with zero attached hydrogens (tertiary/aromatic N) is 2. The molecule has 2 aliphatic heterocycles. The number of pyridine rings is 1. The summed E-state index contributed by atoms with van der Waals surface area (Å²) in [5.41, 5.74) is 0.830. The molecule has 2 aliphatic rings. The van der Waals surface area contributed by atoms with Crippen molar-refractivity contribution in [3.05, 3.63) is 23.9 Å². The molecule has 0 unspecified atom stereocenters. The summed E-state index contributed by atoms with van der Waals surface area (Å²) in [7, 11) is 1.54. The van der Waals surface area contributed by atoms with E-state index in [9.17, 15) is 9.59 Å². The summed E-state index contributed by atoms with van der Waals surface area (Å²) in [6.07, 6.45) is 6.09. The molecule has 1 N–H and O–H groups in total. The Balaban J connectivity index is 1.64. The van der Waals surface area contributed by atoms with E-state index in [1.54, 1.807) is 25.4 Å². The van der Waals surface area contributed by atoms with Crippen LogP contribution in [0.25, 0.3) is 0 Å². The minimum Gasteiger partial charge on any atom is -0.481 e. The Morgan fingerprint density at radius 1 is 1.30 bits per heavy atom. The second-order valence-electron chi connectivity index (χ2n) is 6.48. The summed E-state index contributed by atoms with van der Waals surface area (Å²) in [5.74, 6) is 0.644. The fraction of sp³-hybridized carbons (Fsp3) is 0.588. The van der Waals surface area contributed by atoms with Crippen molar-refractivity contribution in [3.63, 3.8) is 0 Å². The lowest BCUT2D eigenvalue weighted by Crippen LogP contribution is -2.43. The van der Waals surface area contributed by atoms with E-state index in [0.717, 1.165) is 45.3 Å². The Morgan fingerprint density at radius 2 is 2.09 bits per heavy atom. The molecule has 2 saturated heterocycles. The number of ether oxygens (including phenoxy) is 1. The van der Waals surface area contributed by atoms with Crippen molar-refractivity contribution in [3.8, 4) is 5.88 Å². The summed E-state index contributed by atoms with van der Waals surface area (Å²) in [5, 5.41) is 2.95. The highest BCUT2D eigenvalue weighted by molar-refractivity contribution is 5.94. The Labute approximate surface area is 136 Å². The summed E-state index contributed by atoms with van der Waals surface area (Å²) in [6, 6.07) is 3.41. The van der Waals surface area contributed by atoms with E-state index in [0.29, 0.717) is 17.9 Å². The molecule has 124 valence electrons. The molecule has 0 aromatic carbocycles. The molecule has 1 aromatic rings. The van der Waals surface area contributed by atoms with Gasteiger partial charge in [0.15, 0.2) is 0 Å². The molecule has 3 heterocycles. The van der Waals surface area contributed by atoms with Crippen LogP contribution in [-0.4, -0.2) is 48.4 Å². The number of carbonyl (C=O) groups is 2. The number of amides is 2. The van der Waals surface area contributed by atoms with Gasteiger partial charge in [0, 0.05) is 43.9 Å². The lowest BCUT2D eigenvalue weighted by Gasteiger charge is -2.41. The first-order chi connectivity index (χ1) is 11.1. The molecule has 1 spiro atoms. The second-order valence-corrected chi connectivity index (χ2v) is 6.48. The van der Waals surface area contributed by atoms with Crippen molar-refractivity contribution in [2.24, 2.45) is 5.41 Å². The molecule has 0 bridgehead atoms. The normalized spacial score (nSPS) is 20.7. The van der Waals surface area contributed by atoms with Crippen molar-refractivity contribution >= 4 is 11.8 Å². The molecule has 0 aliphatic carbocycles. The maximum absolute atomic E-state index is 12.6. The minimum absolute atomic E-state index is 0.0309. The van der Waals surface area contributed by atoms with Gasteiger partial charge in [0.05, 0.1) is 7.11 Å². The number of hydrogen-bond acceptors (Lipinski definition) is 4. The van der Waals surface area contributed by atoms with Crippen molar-refractivity contribution in [2.75, 3.05) is 26.7 Å². The van der Waals surface area contributed by atoms with Gasteiger partial charge in [-0.15, -0.1) is 0 Å². The van der Waals surface area contributed by atoms with Gasteiger partial charge in [-0.1, -0.05) is 0 Å². The Kier molecular flexibility index (Phi) is 4.50. The zero-order valence-corrected chi connectivity index (χ0v) is 13.5. The van der Waals surface area contributed by atoms with Gasteiger partial charge in [0.1, 0.15) is 0 Å². The summed E-state index contributed by atoms with van der Waals surface area (Å²) >= 11 is 0. The second kappa shape index (κ2) is 6.56. The predicted octanol–water partition coefficient (Wildman–Crippen LogP) is 1.61. The summed E-state index contributed by atoms with van der Waals surface area (Å²) in [4.78, 5) is 30.1. The largest absolute Gasteiger partial charge is 0.481 e. The summed E-state index contributed by atoms with van der Waals surface area (Å²) < 4.78 is 5.09. The lowest BCUT2D eigenvalue weighted by atomic mass is 9.73. The molecule has 1 aromatic heterocycles. The number of likely N-dealkylation sites (tertiary alicyclic amines) is 1. The third kappa shape index (κ3) is 3.46. The van der Waals surface area contributed by atoms with Crippen LogP contribution in [0.2, 0.25) is 0 Å². The molecule has 6 nitrogen and oxygen atoms in total. The third-order valence-electron chi connectivity index (χ3n) is 5.16. The fourth-order valence-corrected chi connectivity index (χ4v) is 3.58. The summed E-state index contributed by atoms with van der Waals surface area (Å²) in [6.45, 7) is 2.25. The smallest absolute Gasteiger partial charge is 0.254 e. The average molecular weight is 317 g/mol. The van der Waals surface area contributed by atoms with E-state index in [1.807, 2.05) is 4.90 Å². The van der Waals surface area contributed by atoms with E-state index in [4.69, 9.17) is 4.74 Å². The maximum Gasteiger partial charge on any atom is 0.254 e. The van der Waals surface area contributed by atoms with Crippen LogP contribution in [0.5, 0.6) is 5.88 Å². The first kappa shape index (κ1) is 15.8. The molecular formula is C17H23N3O3. The maximum atomic E-state index is 12.6. The molecule has 2 amide bonds. The van der Waals surface area contributed by atoms with Crippen molar-refractivity contribution in [1.29, 1.82) is 0 Å². The van der Waals surface area contributed by atoms with Crippen molar-refractivity contribution < 1.29 is 14.3 Å². The number of methoxy groups -OCH3 is 1. The van der Waals surface area contributed by atoms with Crippen molar-refractivity contribution in [1.82, 2.24) is 15.2 Å². The van der Waals surface area contributed by atoms with Crippen LogP contribution in [0, 0.1) is 5.41 Å². The van der Waals surface area contributed by atoms with Crippen molar-refractivity contribution in [2.45, 2.75) is 32.1 Å². The minimum atomic E-state index is 0.0309. The van der Waals surface area contributed by atoms with Gasteiger partial charge >= 0.3 is 0 Å². The molecular weight excluding hydrogens is 294 g/mol. The number of nitrogens with one attached hydrogen (secondary N) is 1. The van der Waals surface area contributed by atoms with Crippen LogP contribution < -0.4 is 10.1 Å². The molecule has 0 atom stereocenters. The molecule has 23 heavy (non-hydrogen) atoms. The standard InChI is InChI=1S/C17H23N3O3/c1-23-15-12-13(3-8-19-15)16(22)20-10-6-17(7-11-20)4-2-14(21)18-9-5-17/h3,8,12H,2,4-7,9-11H2,1H3,(H,18,21). The van der Waals surface area contributed by atoms with Crippen LogP contribution >= 0.6 is 0 Å². The highest BCUT2D eigenvalue weighted by Gasteiger charge is 2.37. The number of hydrogen-bond donors (Lipinski definition) is 1. The number of piperidine rings is 1. The average Bonchev–Trinajstić information content (AvgIpc) is 2.77. The lowest BCUT2D eigenvalue weighted by molar-refractivity contribution is -0.121. The van der Waals surface area contributed by atoms with Gasteiger partial charge < -0.3 is 15.0 Å². The van der Waals surface area contributed by atoms with Gasteiger partial charge in [0.25, 0.3) is 5.91 Å². The highest BCUT2D eigenvalue weighted by atomic mass is 16.5. The van der Waals surface area contributed by atoms with Crippen LogP contribution in [0.3, 0.4) is 0 Å². The quantitative estimate of drug-likeness (QED) is 0.899. The first-order valence-corrected chi connectivity index (χ1v) is 8.18. The van der Waals surface area contributed by atoms with Gasteiger partial charge in [0.2, 0.25) is 11.8 Å². The Morgan fingerprint density at radius 3 is 2.83 bits per heavy atom. The van der Waals surface area contributed by atoms with Crippen LogP contribution in [0.1, 0.15) is 42.5 Å². The van der Waals surface area contributed by atoms with E-state index in [2.05, 4.69) is 10.3 Å². The van der Waals surface area contributed by atoms with E-state index in [1.165, 1.54) is 0 Å². The Bertz CT molecular complexity index is 595. The molecule has 3 rings (SSSR count). The van der Waals surface area contributed by atoms with Crippen LogP contribution in [0.4, 0.5) is 0 Å². The fourth-order valence-electron chi connectivity index (χ4n) is 3.58. The van der Waals surface area contributed by atoms with E-state index in [-0.39, 0.29) is 17.2 Å². The highest BCUT2D eigenvalue weighted by Crippen LogP contribution is 2.40. The van der Waals surface area contributed by atoms with Gasteiger partial charge in [-0.3, -0.25) is 9.59 Å². The SMILES string of the molecule is COc1cc(C(=O)N2CCC3(CCNC(=O)CC3)CC2)ccn1. The van der Waals surface area contributed by atoms with Gasteiger partial charge in [-0.05, 0) is 37.2 Å². The van der Waals surface area contributed by atoms with Gasteiger partial charge in [-0.25, -0.2) is 4.98 Å². The Hall–Kier alpha value is -2.11. The van der Waals surface area contributed by atoms with Crippen LogP contribution in [0.15, 0.2) is 18.3 Å². The predicted molar refractivity (Wildman–Crippen MR) is 85.2 cm³/mol. The topological polar surface area (TPSA) is 71.5 Å². The third-order valence-corrected chi connectivity index (χ3v) is 5.16. The number of carbonyl (C=O) groups excluding carboxylic acids is 2. The molecule has 0 saturated carbocycles. The number of aromatic nitrogens is 1. The first-order valence-electron chi connectivity index (χ1n) is 8.18. The monoisotopic (exact) mass is 317 g/mol. The van der Waals surface area contributed by atoms with Gasteiger partial charge in [-0.2, -0.15) is 0 Å². The zero-order valence-electron chi connectivity index (χ0n) is 13.5. The molecule has 2 fully saturated rings. The van der Waals surface area contributed by atoms with Crippen LogP contribution in [-0.2, 0) is 4.79 Å².